The lowest BCUT2D eigenvalue weighted by Gasteiger charge is -2.07. The molecule has 1 heterocycles. The highest BCUT2D eigenvalue weighted by atomic mass is 16.1. The van der Waals surface area contributed by atoms with Gasteiger partial charge >= 0.3 is 0 Å². The lowest BCUT2D eigenvalue weighted by atomic mass is 10.1. The molecule has 0 radical (unpaired) electrons. The number of nitrogens with one attached hydrogen (secondary N) is 2. The number of nitrogens with zero attached hydrogens (tertiary/aromatic N) is 1. The van der Waals surface area contributed by atoms with Crippen molar-refractivity contribution >= 4 is 11.7 Å². The van der Waals surface area contributed by atoms with Gasteiger partial charge in [0.2, 0.25) is 0 Å². The van der Waals surface area contributed by atoms with Crippen molar-refractivity contribution in [2.45, 2.75) is 20.4 Å². The molecule has 0 spiro atoms. The fourth-order valence-electron chi connectivity index (χ4n) is 1.92. The Morgan fingerprint density at radius 1 is 1.25 bits per heavy atom. The number of anilines is 1. The molecule has 1 aromatic heterocycles. The van der Waals surface area contributed by atoms with Crippen LogP contribution in [0.5, 0.6) is 0 Å². The van der Waals surface area contributed by atoms with E-state index in [9.17, 15) is 4.79 Å². The molecule has 2 rings (SSSR count). The standard InChI is InChI=1S/C16H19N3O/c1-3-17-15-8-7-14(11-18-15)16(20)19-10-13-6-4-5-12(2)9-13/h4-9,11H,3,10H2,1-2H3,(H,17,18)(H,19,20). The molecule has 0 aliphatic rings. The Morgan fingerprint density at radius 2 is 2.10 bits per heavy atom. The van der Waals surface area contributed by atoms with Gasteiger partial charge in [0.25, 0.3) is 5.91 Å². The van der Waals surface area contributed by atoms with Crippen LogP contribution in [0.4, 0.5) is 5.82 Å². The van der Waals surface area contributed by atoms with Crippen molar-refractivity contribution in [1.29, 1.82) is 0 Å². The van der Waals surface area contributed by atoms with Crippen LogP contribution in [0, 0.1) is 6.92 Å². The van der Waals surface area contributed by atoms with Gasteiger partial charge in [-0.1, -0.05) is 29.8 Å². The number of aromatic nitrogens is 1. The molecule has 0 unspecified atom stereocenters. The van der Waals surface area contributed by atoms with Crippen LogP contribution < -0.4 is 10.6 Å². The minimum atomic E-state index is -0.109. The van der Waals surface area contributed by atoms with Crippen LogP contribution >= 0.6 is 0 Å². The zero-order valence-corrected chi connectivity index (χ0v) is 11.8. The zero-order valence-electron chi connectivity index (χ0n) is 11.8. The number of amides is 1. The van der Waals surface area contributed by atoms with E-state index in [1.165, 1.54) is 5.56 Å². The molecular weight excluding hydrogens is 250 g/mol. The summed E-state index contributed by atoms with van der Waals surface area (Å²) in [5, 5.41) is 5.99. The van der Waals surface area contributed by atoms with Crippen LogP contribution in [0.25, 0.3) is 0 Å². The number of carbonyl (C=O) groups excluding carboxylic acids is 1. The van der Waals surface area contributed by atoms with Crippen molar-refractivity contribution in [2.75, 3.05) is 11.9 Å². The molecule has 0 bridgehead atoms. The first kappa shape index (κ1) is 14.1. The average molecular weight is 269 g/mol. The Kier molecular flexibility index (Phi) is 4.71. The maximum atomic E-state index is 12.0. The minimum absolute atomic E-state index is 0.109. The first-order valence-electron chi connectivity index (χ1n) is 6.72. The number of hydrogen-bond donors (Lipinski definition) is 2. The van der Waals surface area contributed by atoms with E-state index in [2.05, 4.69) is 21.7 Å². The lowest BCUT2D eigenvalue weighted by molar-refractivity contribution is 0.0950. The summed E-state index contributed by atoms with van der Waals surface area (Å²) in [5.41, 5.74) is 2.85. The first-order chi connectivity index (χ1) is 9.69. The van der Waals surface area contributed by atoms with Gasteiger partial charge in [-0.25, -0.2) is 4.98 Å². The van der Waals surface area contributed by atoms with E-state index in [4.69, 9.17) is 0 Å². The molecule has 20 heavy (non-hydrogen) atoms. The predicted octanol–water partition coefficient (Wildman–Crippen LogP) is 2.75. The second-order valence-corrected chi connectivity index (χ2v) is 4.63. The highest BCUT2D eigenvalue weighted by Gasteiger charge is 2.05. The molecular formula is C16H19N3O. The van der Waals surface area contributed by atoms with Crippen molar-refractivity contribution in [3.8, 4) is 0 Å². The van der Waals surface area contributed by atoms with Crippen molar-refractivity contribution in [2.24, 2.45) is 0 Å². The Balaban J connectivity index is 1.94. The lowest BCUT2D eigenvalue weighted by Crippen LogP contribution is -2.23. The second-order valence-electron chi connectivity index (χ2n) is 4.63. The van der Waals surface area contributed by atoms with Gasteiger partial charge in [0.15, 0.2) is 0 Å². The molecule has 0 aliphatic carbocycles. The Labute approximate surface area is 119 Å². The van der Waals surface area contributed by atoms with Crippen molar-refractivity contribution < 1.29 is 4.79 Å². The predicted molar refractivity (Wildman–Crippen MR) is 80.7 cm³/mol. The molecule has 2 N–H and O–H groups in total. The van der Waals surface area contributed by atoms with E-state index >= 15 is 0 Å². The van der Waals surface area contributed by atoms with E-state index in [-0.39, 0.29) is 5.91 Å². The summed E-state index contributed by atoms with van der Waals surface area (Å²) in [4.78, 5) is 16.2. The van der Waals surface area contributed by atoms with Gasteiger partial charge in [-0.15, -0.1) is 0 Å². The highest BCUT2D eigenvalue weighted by Crippen LogP contribution is 2.06. The molecule has 0 fully saturated rings. The van der Waals surface area contributed by atoms with Gasteiger partial charge in [0.05, 0.1) is 5.56 Å². The zero-order chi connectivity index (χ0) is 14.4. The summed E-state index contributed by atoms with van der Waals surface area (Å²) < 4.78 is 0. The van der Waals surface area contributed by atoms with E-state index in [0.717, 1.165) is 17.9 Å². The van der Waals surface area contributed by atoms with E-state index in [1.807, 2.05) is 38.1 Å². The highest BCUT2D eigenvalue weighted by molar-refractivity contribution is 5.93. The average Bonchev–Trinajstić information content (AvgIpc) is 2.46. The first-order valence-corrected chi connectivity index (χ1v) is 6.72. The summed E-state index contributed by atoms with van der Waals surface area (Å²) in [6.07, 6.45) is 1.59. The summed E-state index contributed by atoms with van der Waals surface area (Å²) >= 11 is 0. The van der Waals surface area contributed by atoms with Gasteiger partial charge in [0, 0.05) is 19.3 Å². The molecule has 1 aromatic carbocycles. The Bertz CT molecular complexity index is 579. The smallest absolute Gasteiger partial charge is 0.253 e. The third-order valence-electron chi connectivity index (χ3n) is 2.92. The quantitative estimate of drug-likeness (QED) is 0.877. The number of hydrogen-bond acceptors (Lipinski definition) is 3. The molecule has 2 aromatic rings. The van der Waals surface area contributed by atoms with Gasteiger partial charge in [-0.05, 0) is 31.5 Å². The molecule has 0 atom stereocenters. The van der Waals surface area contributed by atoms with Crippen molar-refractivity contribution in [1.82, 2.24) is 10.3 Å². The molecule has 4 nitrogen and oxygen atoms in total. The SMILES string of the molecule is CCNc1ccc(C(=O)NCc2cccc(C)c2)cn1. The van der Waals surface area contributed by atoms with Crippen LogP contribution in [0.1, 0.15) is 28.4 Å². The molecule has 0 saturated carbocycles. The molecule has 4 heteroatoms. The van der Waals surface area contributed by atoms with Crippen LogP contribution in [0.15, 0.2) is 42.6 Å². The summed E-state index contributed by atoms with van der Waals surface area (Å²) in [7, 11) is 0. The van der Waals surface area contributed by atoms with Gasteiger partial charge in [-0.3, -0.25) is 4.79 Å². The minimum Gasteiger partial charge on any atom is -0.370 e. The van der Waals surface area contributed by atoms with E-state index in [1.54, 1.807) is 12.3 Å². The fourth-order valence-corrected chi connectivity index (χ4v) is 1.92. The van der Waals surface area contributed by atoms with Crippen molar-refractivity contribution in [3.05, 3.63) is 59.3 Å². The number of aryl methyl sites for hydroxylation is 1. The maximum absolute atomic E-state index is 12.0. The number of benzene rings is 1. The van der Waals surface area contributed by atoms with Crippen LogP contribution in [0.2, 0.25) is 0 Å². The van der Waals surface area contributed by atoms with Crippen LogP contribution in [0.3, 0.4) is 0 Å². The van der Waals surface area contributed by atoms with E-state index < -0.39 is 0 Å². The summed E-state index contributed by atoms with van der Waals surface area (Å²) in [6.45, 7) is 5.38. The largest absolute Gasteiger partial charge is 0.370 e. The second kappa shape index (κ2) is 6.70. The molecule has 0 aliphatic heterocycles. The third-order valence-corrected chi connectivity index (χ3v) is 2.92. The topological polar surface area (TPSA) is 54.0 Å². The summed E-state index contributed by atoms with van der Waals surface area (Å²) in [5.74, 6) is 0.671. The fraction of sp³-hybridized carbons (Fsp3) is 0.250. The molecule has 1 amide bonds. The number of carbonyl (C=O) groups is 1. The molecule has 104 valence electrons. The number of rotatable bonds is 5. The van der Waals surface area contributed by atoms with Gasteiger partial charge < -0.3 is 10.6 Å². The van der Waals surface area contributed by atoms with Crippen LogP contribution in [-0.2, 0) is 6.54 Å². The third kappa shape index (κ3) is 3.82. The monoisotopic (exact) mass is 269 g/mol. The van der Waals surface area contributed by atoms with E-state index in [0.29, 0.717) is 12.1 Å². The summed E-state index contributed by atoms with van der Waals surface area (Å²) in [6, 6.07) is 11.7. The van der Waals surface area contributed by atoms with Gasteiger partial charge in [0.1, 0.15) is 5.82 Å². The van der Waals surface area contributed by atoms with Gasteiger partial charge in [-0.2, -0.15) is 0 Å². The normalized spacial score (nSPS) is 10.1. The Morgan fingerprint density at radius 3 is 2.75 bits per heavy atom. The Hall–Kier alpha value is -2.36. The van der Waals surface area contributed by atoms with Crippen molar-refractivity contribution in [3.63, 3.8) is 0 Å². The maximum Gasteiger partial charge on any atom is 0.253 e. The molecule has 0 saturated heterocycles. The number of pyridine rings is 1. The van der Waals surface area contributed by atoms with Crippen LogP contribution in [-0.4, -0.2) is 17.4 Å².